The summed E-state index contributed by atoms with van der Waals surface area (Å²) < 4.78 is 5.73. The summed E-state index contributed by atoms with van der Waals surface area (Å²) in [6.07, 6.45) is 9.35. The van der Waals surface area contributed by atoms with Crippen LogP contribution in [0.25, 0.3) is 0 Å². The molecule has 2 unspecified atom stereocenters. The Balaban J connectivity index is 1.92. The van der Waals surface area contributed by atoms with E-state index in [0.29, 0.717) is 45.1 Å². The van der Waals surface area contributed by atoms with Gasteiger partial charge in [-0.2, -0.15) is 0 Å². The van der Waals surface area contributed by atoms with Crippen LogP contribution in [0.5, 0.6) is 0 Å². The lowest BCUT2D eigenvalue weighted by Crippen LogP contribution is -2.56. The molecule has 1 saturated carbocycles. The second-order valence-corrected chi connectivity index (χ2v) is 15.7. The molecule has 52 heavy (non-hydrogen) atoms. The number of rotatable bonds is 22. The number of carbonyl (C=O) groups excluding carboxylic acids is 7. The van der Waals surface area contributed by atoms with Crippen molar-refractivity contribution in [2.75, 3.05) is 26.7 Å². The predicted molar refractivity (Wildman–Crippen MR) is 197 cm³/mol. The number of likely N-dealkylation sites (N-methyl/N-ethyl adjacent to an activating group) is 1. The highest BCUT2D eigenvalue weighted by atomic mass is 16.6. The first-order valence-electron chi connectivity index (χ1n) is 18.9. The lowest BCUT2D eigenvalue weighted by molar-refractivity contribution is -0.163. The standard InChI is InChI=1S/C38H64N6O8/c1-24(2)33(41-22-27(23-45)14-10-12-21-44-31(46)18-19-32(44)47)35(49)42-25(3)36(50)43(8)26(4)28(37(51)52-38(5,6)7)15-9-11-20-40-34(48)29-16-13-17-30(29)39/h18-19,23-30,33,41H,9-17,20-22,39H2,1-8H3,(H,40,48)(H,42,49)/t25-,26?,27?,28+,29+,30-,33-/m0/s1. The van der Waals surface area contributed by atoms with Gasteiger partial charge in [0.05, 0.1) is 17.9 Å². The summed E-state index contributed by atoms with van der Waals surface area (Å²) in [7, 11) is 1.61. The van der Waals surface area contributed by atoms with E-state index in [9.17, 15) is 33.6 Å². The van der Waals surface area contributed by atoms with Gasteiger partial charge in [0.1, 0.15) is 17.9 Å². The Labute approximate surface area is 309 Å². The van der Waals surface area contributed by atoms with Gasteiger partial charge in [0, 0.05) is 56.8 Å². The fourth-order valence-electron chi connectivity index (χ4n) is 6.68. The normalized spacial score (nSPS) is 20.3. The van der Waals surface area contributed by atoms with Crippen LogP contribution in [0.1, 0.15) is 106 Å². The van der Waals surface area contributed by atoms with E-state index in [-0.39, 0.29) is 66.4 Å². The summed E-state index contributed by atoms with van der Waals surface area (Å²) in [5, 5.41) is 8.97. The van der Waals surface area contributed by atoms with Gasteiger partial charge in [-0.05, 0) is 79.1 Å². The van der Waals surface area contributed by atoms with E-state index in [0.717, 1.165) is 25.5 Å². The van der Waals surface area contributed by atoms with Crippen LogP contribution in [0.4, 0.5) is 0 Å². The van der Waals surface area contributed by atoms with Crippen LogP contribution in [0.15, 0.2) is 12.2 Å². The Kier molecular flexibility index (Phi) is 18.1. The first kappa shape index (κ1) is 44.5. The van der Waals surface area contributed by atoms with Gasteiger partial charge in [0.15, 0.2) is 0 Å². The Morgan fingerprint density at radius 3 is 2.19 bits per heavy atom. The molecule has 1 aliphatic carbocycles. The van der Waals surface area contributed by atoms with Crippen molar-refractivity contribution in [2.45, 2.75) is 136 Å². The van der Waals surface area contributed by atoms with Gasteiger partial charge < -0.3 is 36.1 Å². The summed E-state index contributed by atoms with van der Waals surface area (Å²) in [4.78, 5) is 90.8. The summed E-state index contributed by atoms with van der Waals surface area (Å²) in [6.45, 7) is 13.5. The highest BCUT2D eigenvalue weighted by molar-refractivity contribution is 6.12. The van der Waals surface area contributed by atoms with E-state index in [4.69, 9.17) is 10.5 Å². The Hall–Kier alpha value is -3.65. The maximum absolute atomic E-state index is 13.6. The number of hydrogen-bond acceptors (Lipinski definition) is 10. The summed E-state index contributed by atoms with van der Waals surface area (Å²) in [5.74, 6) is -3.18. The highest BCUT2D eigenvalue weighted by Gasteiger charge is 2.36. The lowest BCUT2D eigenvalue weighted by Gasteiger charge is -2.34. The van der Waals surface area contributed by atoms with Gasteiger partial charge in [0.2, 0.25) is 17.7 Å². The van der Waals surface area contributed by atoms with Gasteiger partial charge >= 0.3 is 5.97 Å². The van der Waals surface area contributed by atoms with Crippen molar-refractivity contribution in [3.05, 3.63) is 12.2 Å². The van der Waals surface area contributed by atoms with Crippen molar-refractivity contribution in [1.29, 1.82) is 0 Å². The molecule has 14 nitrogen and oxygen atoms in total. The summed E-state index contributed by atoms with van der Waals surface area (Å²) in [6, 6.07) is -2.22. The van der Waals surface area contributed by atoms with Gasteiger partial charge in [-0.15, -0.1) is 0 Å². The number of ether oxygens (including phenoxy) is 1. The molecule has 0 bridgehead atoms. The second-order valence-electron chi connectivity index (χ2n) is 15.7. The second kappa shape index (κ2) is 21.2. The average Bonchev–Trinajstić information content (AvgIpc) is 3.64. The SMILES string of the molecule is CC(C)[C@H](NCC(C=O)CCCCN1C(=O)C=CC1=O)C(=O)N[C@@H](C)C(=O)N(C)C(C)[C@@H](CCCCNC(=O)[C@@H]1CCC[C@@H]1N)C(=O)OC(C)(C)C. The molecule has 1 aliphatic heterocycles. The van der Waals surface area contributed by atoms with Crippen molar-refractivity contribution >= 4 is 41.8 Å². The minimum atomic E-state index is -0.896. The molecule has 1 fully saturated rings. The molecule has 0 aromatic rings. The van der Waals surface area contributed by atoms with Crippen LogP contribution >= 0.6 is 0 Å². The zero-order valence-corrected chi connectivity index (χ0v) is 32.6. The molecule has 2 aliphatic rings. The van der Waals surface area contributed by atoms with Crippen LogP contribution in [-0.2, 0) is 38.3 Å². The quantitative estimate of drug-likeness (QED) is 0.0555. The van der Waals surface area contributed by atoms with Crippen molar-refractivity contribution < 1.29 is 38.3 Å². The minimum Gasteiger partial charge on any atom is -0.460 e. The van der Waals surface area contributed by atoms with Crippen LogP contribution in [-0.4, -0.2) is 108 Å². The van der Waals surface area contributed by atoms with Crippen LogP contribution < -0.4 is 21.7 Å². The topological polar surface area (TPSA) is 197 Å². The van der Waals surface area contributed by atoms with Crippen molar-refractivity contribution in [1.82, 2.24) is 25.8 Å². The first-order chi connectivity index (χ1) is 24.4. The smallest absolute Gasteiger partial charge is 0.311 e. The molecular formula is C38H64N6O8. The third-order valence-corrected chi connectivity index (χ3v) is 9.98. The molecular weight excluding hydrogens is 668 g/mol. The van der Waals surface area contributed by atoms with Crippen LogP contribution in [0.2, 0.25) is 0 Å². The number of hydrogen-bond donors (Lipinski definition) is 4. The van der Waals surface area contributed by atoms with E-state index >= 15 is 0 Å². The van der Waals surface area contributed by atoms with Gasteiger partial charge in [-0.3, -0.25) is 33.7 Å². The first-order valence-corrected chi connectivity index (χ1v) is 18.9. The van der Waals surface area contributed by atoms with E-state index in [1.807, 2.05) is 13.8 Å². The zero-order valence-electron chi connectivity index (χ0n) is 32.6. The fraction of sp³-hybridized carbons (Fsp3) is 0.763. The third-order valence-electron chi connectivity index (χ3n) is 9.98. The number of carbonyl (C=O) groups is 7. The molecule has 1 heterocycles. The molecule has 14 heteroatoms. The van der Waals surface area contributed by atoms with Gasteiger partial charge in [0.25, 0.3) is 11.8 Å². The third kappa shape index (κ3) is 14.1. The number of nitrogens with two attached hydrogens (primary N) is 1. The number of nitrogens with one attached hydrogen (secondary N) is 3. The lowest BCUT2D eigenvalue weighted by atomic mass is 9.93. The van der Waals surface area contributed by atoms with Gasteiger partial charge in [-0.25, -0.2) is 0 Å². The molecule has 5 N–H and O–H groups in total. The minimum absolute atomic E-state index is 0.0254. The molecule has 5 amide bonds. The number of aldehydes is 1. The molecule has 2 rings (SSSR count). The number of amides is 5. The van der Waals surface area contributed by atoms with E-state index in [2.05, 4.69) is 16.0 Å². The maximum Gasteiger partial charge on any atom is 0.311 e. The van der Waals surface area contributed by atoms with Crippen molar-refractivity contribution in [3.8, 4) is 0 Å². The average molecular weight is 733 g/mol. The number of esters is 1. The Bertz CT molecular complexity index is 1260. The maximum atomic E-state index is 13.6. The van der Waals surface area contributed by atoms with E-state index in [1.165, 1.54) is 22.0 Å². The summed E-state index contributed by atoms with van der Waals surface area (Å²) in [5.41, 5.74) is 5.34. The number of unbranched alkanes of at least 4 members (excludes halogenated alkanes) is 2. The van der Waals surface area contributed by atoms with Crippen molar-refractivity contribution in [2.24, 2.45) is 29.4 Å². The molecule has 7 atom stereocenters. The monoisotopic (exact) mass is 732 g/mol. The van der Waals surface area contributed by atoms with E-state index in [1.54, 1.807) is 41.7 Å². The van der Waals surface area contributed by atoms with E-state index < -0.39 is 35.6 Å². The van der Waals surface area contributed by atoms with Crippen molar-refractivity contribution in [3.63, 3.8) is 0 Å². The zero-order chi connectivity index (χ0) is 39.2. The number of nitrogens with zero attached hydrogens (tertiary/aromatic N) is 2. The Morgan fingerprint density at radius 2 is 1.63 bits per heavy atom. The Morgan fingerprint density at radius 1 is 1.00 bits per heavy atom. The van der Waals surface area contributed by atoms with Gasteiger partial charge in [-0.1, -0.05) is 33.1 Å². The summed E-state index contributed by atoms with van der Waals surface area (Å²) >= 11 is 0. The molecule has 0 aromatic heterocycles. The predicted octanol–water partition coefficient (Wildman–Crippen LogP) is 2.23. The molecule has 0 saturated heterocycles. The molecule has 0 spiro atoms. The van der Waals surface area contributed by atoms with Crippen LogP contribution in [0.3, 0.4) is 0 Å². The number of imide groups is 1. The highest BCUT2D eigenvalue weighted by Crippen LogP contribution is 2.25. The molecule has 0 radical (unpaired) electrons. The largest absolute Gasteiger partial charge is 0.460 e. The van der Waals surface area contributed by atoms with Crippen LogP contribution in [0, 0.1) is 23.7 Å². The molecule has 0 aromatic carbocycles. The fourth-order valence-corrected chi connectivity index (χ4v) is 6.68. The molecule has 294 valence electrons.